The minimum absolute atomic E-state index is 0.150. The van der Waals surface area contributed by atoms with Crippen LogP contribution in [-0.4, -0.2) is 30.1 Å². The quantitative estimate of drug-likeness (QED) is 0.874. The highest BCUT2D eigenvalue weighted by molar-refractivity contribution is 5.86. The van der Waals surface area contributed by atoms with Gasteiger partial charge in [0, 0.05) is 12.1 Å². The number of ether oxygens (including phenoxy) is 1. The van der Waals surface area contributed by atoms with Crippen molar-refractivity contribution in [3.8, 4) is 5.75 Å². The Balaban J connectivity index is 1.65. The van der Waals surface area contributed by atoms with Gasteiger partial charge in [0.05, 0.1) is 5.41 Å². The largest absolute Gasteiger partial charge is 0.492 e. The third-order valence-electron chi connectivity index (χ3n) is 4.38. The van der Waals surface area contributed by atoms with Crippen LogP contribution in [0.3, 0.4) is 0 Å². The molecule has 1 heterocycles. The fraction of sp³-hybridized carbons (Fsp3) is 0.467. The highest BCUT2D eigenvalue weighted by atomic mass is 16.5. The summed E-state index contributed by atoms with van der Waals surface area (Å²) in [5.41, 5.74) is 0.122. The average molecular weight is 275 g/mol. The molecule has 0 bridgehead atoms. The maximum absolute atomic E-state index is 12.2. The van der Waals surface area contributed by atoms with Crippen LogP contribution in [0, 0.1) is 5.41 Å². The van der Waals surface area contributed by atoms with Gasteiger partial charge in [0.1, 0.15) is 18.3 Å². The molecule has 0 radical (unpaired) electrons. The molecule has 1 aliphatic heterocycles. The topological polar surface area (TPSA) is 75.6 Å². The van der Waals surface area contributed by atoms with Crippen LogP contribution in [0.2, 0.25) is 0 Å². The van der Waals surface area contributed by atoms with Crippen molar-refractivity contribution in [2.75, 3.05) is 13.2 Å². The number of carbonyl (C=O) groups excluding carboxylic acids is 1. The standard InChI is InChI=1S/C15H17NO4/c17-13(16-9-15(14(18)19)6-3-7-15)11-8-20-12-5-2-1-4-10(11)12/h1-2,4-5,11H,3,6-9H2,(H,16,17)(H,18,19). The molecule has 0 spiro atoms. The summed E-state index contributed by atoms with van der Waals surface area (Å²) >= 11 is 0. The molecule has 106 valence electrons. The summed E-state index contributed by atoms with van der Waals surface area (Å²) in [6.07, 6.45) is 2.19. The lowest BCUT2D eigenvalue weighted by Crippen LogP contribution is -2.48. The summed E-state index contributed by atoms with van der Waals surface area (Å²) in [5.74, 6) is -0.559. The number of carboxylic acid groups (broad SMARTS) is 1. The number of amides is 1. The third kappa shape index (κ3) is 2.03. The Morgan fingerprint density at radius 1 is 1.35 bits per heavy atom. The molecule has 1 unspecified atom stereocenters. The zero-order chi connectivity index (χ0) is 14.2. The smallest absolute Gasteiger partial charge is 0.311 e. The summed E-state index contributed by atoms with van der Waals surface area (Å²) in [6.45, 7) is 0.533. The van der Waals surface area contributed by atoms with Gasteiger partial charge < -0.3 is 15.2 Å². The predicted octanol–water partition coefficient (Wildman–Crippen LogP) is 1.53. The fourth-order valence-corrected chi connectivity index (χ4v) is 2.83. The van der Waals surface area contributed by atoms with Gasteiger partial charge in [-0.05, 0) is 18.9 Å². The van der Waals surface area contributed by atoms with E-state index in [-0.39, 0.29) is 18.4 Å². The lowest BCUT2D eigenvalue weighted by Gasteiger charge is -2.37. The molecule has 1 saturated carbocycles. The van der Waals surface area contributed by atoms with Gasteiger partial charge in [-0.15, -0.1) is 0 Å². The molecule has 3 rings (SSSR count). The summed E-state index contributed by atoms with van der Waals surface area (Å²) in [7, 11) is 0. The fourth-order valence-electron chi connectivity index (χ4n) is 2.83. The molecule has 20 heavy (non-hydrogen) atoms. The van der Waals surface area contributed by atoms with E-state index in [1.807, 2.05) is 24.3 Å². The van der Waals surface area contributed by atoms with Crippen LogP contribution < -0.4 is 10.1 Å². The first kappa shape index (κ1) is 13.0. The molecule has 2 N–H and O–H groups in total. The van der Waals surface area contributed by atoms with Crippen molar-refractivity contribution in [2.45, 2.75) is 25.2 Å². The normalized spacial score (nSPS) is 22.3. The number of hydrogen-bond donors (Lipinski definition) is 2. The van der Waals surface area contributed by atoms with Crippen molar-refractivity contribution in [1.82, 2.24) is 5.32 Å². The van der Waals surface area contributed by atoms with Gasteiger partial charge in [-0.2, -0.15) is 0 Å². The van der Waals surface area contributed by atoms with Gasteiger partial charge in [-0.25, -0.2) is 0 Å². The Hall–Kier alpha value is -2.04. The zero-order valence-electron chi connectivity index (χ0n) is 11.1. The zero-order valence-corrected chi connectivity index (χ0v) is 11.1. The van der Waals surface area contributed by atoms with Gasteiger partial charge in [-0.1, -0.05) is 24.6 Å². The van der Waals surface area contributed by atoms with Crippen molar-refractivity contribution in [3.63, 3.8) is 0 Å². The number of carbonyl (C=O) groups is 2. The van der Waals surface area contributed by atoms with E-state index in [1.54, 1.807) is 0 Å². The highest BCUT2D eigenvalue weighted by Crippen LogP contribution is 2.41. The number of para-hydroxylation sites is 1. The van der Waals surface area contributed by atoms with E-state index in [2.05, 4.69) is 5.32 Å². The van der Waals surface area contributed by atoms with Crippen LogP contribution in [0.25, 0.3) is 0 Å². The van der Waals surface area contributed by atoms with Crippen molar-refractivity contribution >= 4 is 11.9 Å². The van der Waals surface area contributed by atoms with Crippen LogP contribution in [0.15, 0.2) is 24.3 Å². The van der Waals surface area contributed by atoms with Gasteiger partial charge >= 0.3 is 5.97 Å². The minimum atomic E-state index is -0.813. The molecule has 1 aromatic rings. The molecule has 2 aliphatic rings. The van der Waals surface area contributed by atoms with E-state index in [0.717, 1.165) is 17.7 Å². The van der Waals surface area contributed by atoms with Crippen LogP contribution in [0.4, 0.5) is 0 Å². The minimum Gasteiger partial charge on any atom is -0.492 e. The first-order valence-corrected chi connectivity index (χ1v) is 6.85. The first-order valence-electron chi connectivity index (χ1n) is 6.85. The lowest BCUT2D eigenvalue weighted by molar-refractivity contribution is -0.154. The van der Waals surface area contributed by atoms with Crippen LogP contribution in [0.1, 0.15) is 30.7 Å². The van der Waals surface area contributed by atoms with E-state index in [4.69, 9.17) is 4.74 Å². The van der Waals surface area contributed by atoms with Crippen LogP contribution in [0.5, 0.6) is 5.75 Å². The Morgan fingerprint density at radius 3 is 2.75 bits per heavy atom. The highest BCUT2D eigenvalue weighted by Gasteiger charge is 2.45. The van der Waals surface area contributed by atoms with Crippen molar-refractivity contribution < 1.29 is 19.4 Å². The summed E-state index contributed by atoms with van der Waals surface area (Å²) < 4.78 is 5.47. The summed E-state index contributed by atoms with van der Waals surface area (Å²) in [6, 6.07) is 7.46. The average Bonchev–Trinajstić information content (AvgIpc) is 2.80. The second kappa shape index (κ2) is 4.81. The Morgan fingerprint density at radius 2 is 2.10 bits per heavy atom. The molecular weight excluding hydrogens is 258 g/mol. The number of hydrogen-bond acceptors (Lipinski definition) is 3. The van der Waals surface area contributed by atoms with Crippen molar-refractivity contribution in [3.05, 3.63) is 29.8 Å². The number of carboxylic acids is 1. The lowest BCUT2D eigenvalue weighted by atomic mass is 9.68. The summed E-state index contributed by atoms with van der Waals surface area (Å²) in [5, 5.41) is 12.0. The second-order valence-electron chi connectivity index (χ2n) is 5.56. The Kier molecular flexibility index (Phi) is 3.12. The van der Waals surface area contributed by atoms with Crippen molar-refractivity contribution in [2.24, 2.45) is 5.41 Å². The van der Waals surface area contributed by atoms with E-state index < -0.39 is 11.4 Å². The molecule has 1 amide bonds. The van der Waals surface area contributed by atoms with Crippen LogP contribution in [-0.2, 0) is 9.59 Å². The van der Waals surface area contributed by atoms with E-state index in [9.17, 15) is 14.7 Å². The molecule has 0 saturated heterocycles. The monoisotopic (exact) mass is 275 g/mol. The molecule has 1 atom stereocenters. The number of aliphatic carboxylic acids is 1. The van der Waals surface area contributed by atoms with Gasteiger partial charge in [0.15, 0.2) is 0 Å². The molecule has 1 aliphatic carbocycles. The number of fused-ring (bicyclic) bond motifs is 1. The van der Waals surface area contributed by atoms with Gasteiger partial charge in [-0.3, -0.25) is 9.59 Å². The molecule has 0 aromatic heterocycles. The molecular formula is C15H17NO4. The Labute approximate surface area is 116 Å². The molecule has 5 nitrogen and oxygen atoms in total. The van der Waals surface area contributed by atoms with E-state index >= 15 is 0 Å². The van der Waals surface area contributed by atoms with Crippen LogP contribution >= 0.6 is 0 Å². The van der Waals surface area contributed by atoms with E-state index in [0.29, 0.717) is 19.4 Å². The Bertz CT molecular complexity index is 551. The maximum Gasteiger partial charge on any atom is 0.311 e. The predicted molar refractivity (Wildman–Crippen MR) is 71.6 cm³/mol. The molecule has 1 aromatic carbocycles. The van der Waals surface area contributed by atoms with Gasteiger partial charge in [0.2, 0.25) is 5.91 Å². The number of rotatable bonds is 4. The second-order valence-corrected chi connectivity index (χ2v) is 5.56. The summed E-state index contributed by atoms with van der Waals surface area (Å²) in [4.78, 5) is 23.5. The SMILES string of the molecule is O=C(NCC1(C(=O)O)CCC1)C1COc2ccccc21. The third-order valence-corrected chi connectivity index (χ3v) is 4.38. The molecule has 5 heteroatoms. The van der Waals surface area contributed by atoms with Crippen molar-refractivity contribution in [1.29, 1.82) is 0 Å². The first-order chi connectivity index (χ1) is 9.62. The maximum atomic E-state index is 12.2. The number of nitrogens with one attached hydrogen (secondary N) is 1. The number of benzene rings is 1. The molecule has 1 fully saturated rings. The van der Waals surface area contributed by atoms with E-state index in [1.165, 1.54) is 0 Å². The van der Waals surface area contributed by atoms with Gasteiger partial charge in [0.25, 0.3) is 0 Å².